The van der Waals surface area contributed by atoms with Crippen LogP contribution in [0.2, 0.25) is 5.02 Å². The van der Waals surface area contributed by atoms with E-state index in [9.17, 15) is 13.2 Å². The summed E-state index contributed by atoms with van der Waals surface area (Å²) >= 11 is 5.29. The Hall–Kier alpha value is -1.28. The second-order valence-electron chi connectivity index (χ2n) is 2.13. The van der Waals surface area contributed by atoms with Crippen LogP contribution in [0.4, 0.5) is 13.2 Å². The van der Waals surface area contributed by atoms with Crippen LogP contribution in [-0.4, -0.2) is 4.98 Å². The molecule has 0 amide bonds. The highest BCUT2D eigenvalue weighted by molar-refractivity contribution is 6.32. The average Bonchev–Trinajstić information content (AvgIpc) is 2.02. The Balaban J connectivity index is 3.34. The molecule has 1 aromatic heterocycles. The van der Waals surface area contributed by atoms with Crippen LogP contribution in [0.25, 0.3) is 0 Å². The topological polar surface area (TPSA) is 36.7 Å². The number of hydrogen-bond acceptors (Lipinski definition) is 2. The van der Waals surface area contributed by atoms with E-state index in [1.54, 1.807) is 0 Å². The predicted octanol–water partition coefficient (Wildman–Crippen LogP) is 2.63. The van der Waals surface area contributed by atoms with E-state index in [2.05, 4.69) is 4.98 Å². The first-order valence-corrected chi connectivity index (χ1v) is 3.46. The van der Waals surface area contributed by atoms with E-state index in [1.807, 2.05) is 0 Å². The van der Waals surface area contributed by atoms with Gasteiger partial charge in [0.1, 0.15) is 6.07 Å². The molecular weight excluding hydrogens is 205 g/mol. The summed E-state index contributed by atoms with van der Waals surface area (Å²) in [6.45, 7) is 0. The minimum Gasteiger partial charge on any atom is -0.250 e. The molecule has 0 unspecified atom stereocenters. The number of rotatable bonds is 0. The van der Waals surface area contributed by atoms with Gasteiger partial charge in [-0.15, -0.1) is 0 Å². The molecule has 1 rings (SSSR count). The Kier molecular flexibility index (Phi) is 2.43. The summed E-state index contributed by atoms with van der Waals surface area (Å²) in [6, 6.07) is 2.66. The zero-order valence-corrected chi connectivity index (χ0v) is 6.82. The number of hydrogen-bond donors (Lipinski definition) is 0. The molecule has 2 nitrogen and oxygen atoms in total. The molecule has 1 aromatic rings. The number of nitriles is 1. The van der Waals surface area contributed by atoms with Crippen LogP contribution in [-0.2, 0) is 6.18 Å². The molecule has 1 heterocycles. The zero-order valence-electron chi connectivity index (χ0n) is 6.06. The van der Waals surface area contributed by atoms with Gasteiger partial charge in [-0.05, 0) is 6.07 Å². The largest absolute Gasteiger partial charge is 0.434 e. The van der Waals surface area contributed by atoms with Gasteiger partial charge >= 0.3 is 6.18 Å². The number of nitrogens with zero attached hydrogens (tertiary/aromatic N) is 2. The first kappa shape index (κ1) is 9.81. The molecule has 13 heavy (non-hydrogen) atoms. The van der Waals surface area contributed by atoms with Crippen molar-refractivity contribution < 1.29 is 13.2 Å². The minimum atomic E-state index is -4.62. The van der Waals surface area contributed by atoms with E-state index in [0.717, 1.165) is 12.3 Å². The third-order valence-electron chi connectivity index (χ3n) is 1.28. The van der Waals surface area contributed by atoms with Crippen molar-refractivity contribution in [3.63, 3.8) is 0 Å². The molecule has 0 aliphatic heterocycles. The van der Waals surface area contributed by atoms with Crippen LogP contribution in [0.5, 0.6) is 0 Å². The molecule has 0 saturated carbocycles. The van der Waals surface area contributed by atoms with Crippen LogP contribution in [0.3, 0.4) is 0 Å². The zero-order chi connectivity index (χ0) is 10.1. The summed E-state index contributed by atoms with van der Waals surface area (Å²) in [5.41, 5.74) is -1.46. The lowest BCUT2D eigenvalue weighted by Gasteiger charge is -2.07. The van der Waals surface area contributed by atoms with E-state index >= 15 is 0 Å². The van der Waals surface area contributed by atoms with Crippen molar-refractivity contribution in [1.82, 2.24) is 4.98 Å². The smallest absolute Gasteiger partial charge is 0.250 e. The van der Waals surface area contributed by atoms with Gasteiger partial charge in [0.05, 0.1) is 10.6 Å². The Bertz CT molecular complexity index is 367. The predicted molar refractivity (Wildman–Crippen MR) is 39.0 cm³/mol. The third kappa shape index (κ3) is 1.90. The number of halogens is 4. The van der Waals surface area contributed by atoms with E-state index in [-0.39, 0.29) is 5.56 Å². The fourth-order valence-corrected chi connectivity index (χ4v) is 0.989. The molecule has 0 bridgehead atoms. The Morgan fingerprint density at radius 1 is 1.46 bits per heavy atom. The number of pyridine rings is 1. The van der Waals surface area contributed by atoms with Gasteiger partial charge in [-0.2, -0.15) is 18.4 Å². The minimum absolute atomic E-state index is 0.232. The maximum Gasteiger partial charge on any atom is 0.434 e. The van der Waals surface area contributed by atoms with Crippen molar-refractivity contribution in [3.05, 3.63) is 28.5 Å². The quantitative estimate of drug-likeness (QED) is 0.654. The van der Waals surface area contributed by atoms with Crippen LogP contribution < -0.4 is 0 Å². The van der Waals surface area contributed by atoms with Gasteiger partial charge in [0, 0.05) is 6.20 Å². The standard InChI is InChI=1S/C7H2ClF3N2/c8-5-4(3-12)1-2-13-6(5)7(9,10)11/h1-2H. The second kappa shape index (κ2) is 3.23. The van der Waals surface area contributed by atoms with E-state index < -0.39 is 16.9 Å². The number of alkyl halides is 3. The van der Waals surface area contributed by atoms with Gasteiger partial charge in [-0.1, -0.05) is 11.6 Å². The Morgan fingerprint density at radius 2 is 2.08 bits per heavy atom. The SMILES string of the molecule is N#Cc1ccnc(C(F)(F)F)c1Cl. The molecule has 0 aromatic carbocycles. The van der Waals surface area contributed by atoms with Crippen molar-refractivity contribution in [3.8, 4) is 6.07 Å². The molecular formula is C7H2ClF3N2. The molecule has 0 atom stereocenters. The molecule has 0 fully saturated rings. The summed E-state index contributed by atoms with van der Waals surface area (Å²) in [5.74, 6) is 0. The van der Waals surface area contributed by atoms with Crippen molar-refractivity contribution in [2.24, 2.45) is 0 Å². The lowest BCUT2D eigenvalue weighted by atomic mass is 10.2. The van der Waals surface area contributed by atoms with E-state index in [0.29, 0.717) is 0 Å². The highest BCUT2D eigenvalue weighted by atomic mass is 35.5. The van der Waals surface area contributed by atoms with Gasteiger partial charge in [0.15, 0.2) is 5.69 Å². The van der Waals surface area contributed by atoms with Gasteiger partial charge in [-0.3, -0.25) is 4.98 Å². The fraction of sp³-hybridized carbons (Fsp3) is 0.143. The maximum atomic E-state index is 12.1. The Labute approximate surface area is 76.6 Å². The van der Waals surface area contributed by atoms with Crippen molar-refractivity contribution in [2.45, 2.75) is 6.18 Å². The summed E-state index contributed by atoms with van der Waals surface area (Å²) in [4.78, 5) is 3.05. The monoisotopic (exact) mass is 206 g/mol. The van der Waals surface area contributed by atoms with Crippen molar-refractivity contribution in [2.75, 3.05) is 0 Å². The average molecular weight is 207 g/mol. The van der Waals surface area contributed by atoms with Crippen molar-refractivity contribution >= 4 is 11.6 Å². The second-order valence-corrected chi connectivity index (χ2v) is 2.51. The van der Waals surface area contributed by atoms with Gasteiger partial charge in [-0.25, -0.2) is 0 Å². The van der Waals surface area contributed by atoms with Gasteiger partial charge in [0.25, 0.3) is 0 Å². The van der Waals surface area contributed by atoms with Crippen molar-refractivity contribution in [1.29, 1.82) is 5.26 Å². The molecule has 0 spiro atoms. The first-order valence-electron chi connectivity index (χ1n) is 3.08. The van der Waals surface area contributed by atoms with E-state index in [1.165, 1.54) is 6.07 Å². The van der Waals surface area contributed by atoms with Crippen LogP contribution in [0.1, 0.15) is 11.3 Å². The van der Waals surface area contributed by atoms with Crippen LogP contribution >= 0.6 is 11.6 Å². The molecule has 0 aliphatic carbocycles. The highest BCUT2D eigenvalue weighted by Crippen LogP contribution is 2.33. The summed E-state index contributed by atoms with van der Waals surface area (Å²) in [7, 11) is 0. The fourth-order valence-electron chi connectivity index (χ4n) is 0.728. The number of aromatic nitrogens is 1. The van der Waals surface area contributed by atoms with Crippen LogP contribution in [0.15, 0.2) is 12.3 Å². The lowest BCUT2D eigenvalue weighted by molar-refractivity contribution is -0.141. The summed E-state index contributed by atoms with van der Waals surface area (Å²) in [5, 5.41) is 7.72. The molecule has 68 valence electrons. The van der Waals surface area contributed by atoms with Gasteiger partial charge < -0.3 is 0 Å². The molecule has 6 heteroatoms. The lowest BCUT2D eigenvalue weighted by Crippen LogP contribution is -2.09. The molecule has 0 radical (unpaired) electrons. The first-order chi connectivity index (χ1) is 5.96. The summed E-state index contributed by atoms with van der Waals surface area (Å²) < 4.78 is 36.3. The normalized spacial score (nSPS) is 11.0. The Morgan fingerprint density at radius 3 is 2.54 bits per heavy atom. The highest BCUT2D eigenvalue weighted by Gasteiger charge is 2.35. The third-order valence-corrected chi connectivity index (χ3v) is 1.66. The van der Waals surface area contributed by atoms with E-state index in [4.69, 9.17) is 16.9 Å². The van der Waals surface area contributed by atoms with Gasteiger partial charge in [0.2, 0.25) is 0 Å². The maximum absolute atomic E-state index is 12.1. The molecule has 0 N–H and O–H groups in total. The molecule has 0 saturated heterocycles. The molecule has 0 aliphatic rings. The summed E-state index contributed by atoms with van der Waals surface area (Å²) in [6.07, 6.45) is -3.73. The van der Waals surface area contributed by atoms with Crippen LogP contribution in [0, 0.1) is 11.3 Å².